The highest BCUT2D eigenvalue weighted by Gasteiger charge is 2.26. The van der Waals surface area contributed by atoms with Crippen molar-refractivity contribution in [1.82, 2.24) is 9.71 Å². The van der Waals surface area contributed by atoms with Crippen molar-refractivity contribution in [3.05, 3.63) is 82.5 Å². The number of fused-ring (bicyclic) bond motifs is 2. The van der Waals surface area contributed by atoms with E-state index in [9.17, 15) is 8.42 Å². The number of benzene rings is 2. The second-order valence-electron chi connectivity index (χ2n) is 7.29. The van der Waals surface area contributed by atoms with Crippen molar-refractivity contribution in [1.29, 1.82) is 0 Å². The summed E-state index contributed by atoms with van der Waals surface area (Å²) in [7, 11) is -3.88. The third-order valence-electron chi connectivity index (χ3n) is 5.13. The minimum absolute atomic E-state index is 0.114. The number of nitrogens with one attached hydrogen (secondary N) is 1. The van der Waals surface area contributed by atoms with Gasteiger partial charge in [-0.25, -0.2) is 13.4 Å². The van der Waals surface area contributed by atoms with Gasteiger partial charge in [0.15, 0.2) is 11.5 Å². The van der Waals surface area contributed by atoms with Crippen molar-refractivity contribution in [3.8, 4) is 11.5 Å². The Kier molecular flexibility index (Phi) is 5.77. The first-order chi connectivity index (χ1) is 15.5. The zero-order valence-electron chi connectivity index (χ0n) is 16.8. The Bertz CT molecular complexity index is 1370. The van der Waals surface area contributed by atoms with Gasteiger partial charge in [-0.05, 0) is 35.2 Å². The summed E-state index contributed by atoms with van der Waals surface area (Å²) in [6, 6.07) is 17.3. The van der Waals surface area contributed by atoms with Gasteiger partial charge in [0.05, 0.1) is 28.9 Å². The molecule has 1 aliphatic heterocycles. The lowest BCUT2D eigenvalue weighted by Crippen LogP contribution is -2.29. The van der Waals surface area contributed by atoms with Crippen LogP contribution >= 0.6 is 22.9 Å². The van der Waals surface area contributed by atoms with Crippen molar-refractivity contribution < 1.29 is 17.9 Å². The topological polar surface area (TPSA) is 77.5 Å². The molecular formula is C23H19ClN2O4S2. The van der Waals surface area contributed by atoms with Gasteiger partial charge in [-0.1, -0.05) is 41.9 Å². The van der Waals surface area contributed by atoms with E-state index in [0.717, 1.165) is 26.9 Å². The van der Waals surface area contributed by atoms with E-state index < -0.39 is 16.1 Å². The maximum Gasteiger partial charge on any atom is 0.241 e. The predicted molar refractivity (Wildman–Crippen MR) is 125 cm³/mol. The number of rotatable bonds is 5. The average molecular weight is 487 g/mol. The first kappa shape index (κ1) is 21.2. The lowest BCUT2D eigenvalue weighted by Gasteiger charge is -2.19. The minimum atomic E-state index is -3.88. The van der Waals surface area contributed by atoms with Crippen LogP contribution in [0.15, 0.2) is 71.8 Å². The Morgan fingerprint density at radius 1 is 1.00 bits per heavy atom. The van der Waals surface area contributed by atoms with Crippen LogP contribution in [-0.4, -0.2) is 26.6 Å². The Labute approximate surface area is 194 Å². The van der Waals surface area contributed by atoms with Crippen LogP contribution in [0.2, 0.25) is 5.15 Å². The van der Waals surface area contributed by atoms with Crippen LogP contribution < -0.4 is 14.2 Å². The Morgan fingerprint density at radius 3 is 2.56 bits per heavy atom. The van der Waals surface area contributed by atoms with Crippen LogP contribution in [0.3, 0.4) is 0 Å². The van der Waals surface area contributed by atoms with Gasteiger partial charge in [-0.2, -0.15) is 4.72 Å². The summed E-state index contributed by atoms with van der Waals surface area (Å²) in [6.45, 7) is 1.02. The smallest absolute Gasteiger partial charge is 0.241 e. The summed E-state index contributed by atoms with van der Waals surface area (Å²) in [4.78, 5) is 5.07. The molecule has 0 fully saturated rings. The number of hydrogen-bond donors (Lipinski definition) is 1. The summed E-state index contributed by atoms with van der Waals surface area (Å²) < 4.78 is 41.8. The van der Waals surface area contributed by atoms with Crippen LogP contribution in [0.5, 0.6) is 11.5 Å². The molecule has 9 heteroatoms. The van der Waals surface area contributed by atoms with Crippen LogP contribution in [-0.2, 0) is 10.0 Å². The van der Waals surface area contributed by atoms with E-state index in [1.165, 1.54) is 23.5 Å². The van der Waals surface area contributed by atoms with Gasteiger partial charge in [-0.15, -0.1) is 11.3 Å². The van der Waals surface area contributed by atoms with Gasteiger partial charge in [0.25, 0.3) is 0 Å². The Morgan fingerprint density at radius 2 is 1.78 bits per heavy atom. The number of aromatic nitrogens is 1. The number of ether oxygens (including phenoxy) is 2. The number of nitrogens with zero attached hydrogens (tertiary/aromatic N) is 1. The van der Waals surface area contributed by atoms with E-state index in [4.69, 9.17) is 21.1 Å². The molecule has 0 bridgehead atoms. The highest BCUT2D eigenvalue weighted by Crippen LogP contribution is 2.37. The van der Waals surface area contributed by atoms with Gasteiger partial charge in [0, 0.05) is 23.6 Å². The number of hydrogen-bond acceptors (Lipinski definition) is 6. The fourth-order valence-corrected chi connectivity index (χ4v) is 6.25. The maximum absolute atomic E-state index is 13.4. The van der Waals surface area contributed by atoms with Gasteiger partial charge < -0.3 is 9.47 Å². The Hall–Kier alpha value is -2.65. The quantitative estimate of drug-likeness (QED) is 0.393. The largest absolute Gasteiger partial charge is 0.490 e. The van der Waals surface area contributed by atoms with Gasteiger partial charge in [0.1, 0.15) is 5.15 Å². The molecule has 0 unspecified atom stereocenters. The van der Waals surface area contributed by atoms with Crippen molar-refractivity contribution in [2.24, 2.45) is 0 Å². The number of sulfonamides is 1. The fourth-order valence-electron chi connectivity index (χ4n) is 3.56. The highest BCUT2D eigenvalue weighted by atomic mass is 35.5. The SMILES string of the molecule is O=S(=O)(N[C@@H](c1ccccc1)c1cc2ccnc(Cl)c2s1)c1ccc2c(c1)OCCCO2. The van der Waals surface area contributed by atoms with Crippen LogP contribution in [0, 0.1) is 0 Å². The molecule has 0 aliphatic carbocycles. The van der Waals surface area contributed by atoms with E-state index in [-0.39, 0.29) is 4.90 Å². The third-order valence-corrected chi connectivity index (χ3v) is 8.17. The molecule has 0 saturated carbocycles. The van der Waals surface area contributed by atoms with Crippen molar-refractivity contribution >= 4 is 43.0 Å². The summed E-state index contributed by atoms with van der Waals surface area (Å²) in [5.74, 6) is 0.981. The summed E-state index contributed by atoms with van der Waals surface area (Å²) in [5.41, 5.74) is 0.820. The second kappa shape index (κ2) is 8.71. The Balaban J connectivity index is 1.55. The molecule has 1 aliphatic rings. The number of halogens is 1. The van der Waals surface area contributed by atoms with E-state index in [1.54, 1.807) is 12.3 Å². The molecule has 5 rings (SSSR count). The first-order valence-electron chi connectivity index (χ1n) is 10.0. The van der Waals surface area contributed by atoms with Crippen molar-refractivity contribution in [2.45, 2.75) is 17.4 Å². The highest BCUT2D eigenvalue weighted by molar-refractivity contribution is 7.89. The molecule has 3 heterocycles. The molecule has 4 aromatic rings. The summed E-state index contributed by atoms with van der Waals surface area (Å²) in [6.07, 6.45) is 2.38. The van der Waals surface area contributed by atoms with E-state index in [0.29, 0.717) is 29.9 Å². The summed E-state index contributed by atoms with van der Waals surface area (Å²) in [5, 5.41) is 1.32. The molecular weight excluding hydrogens is 468 g/mol. The van der Waals surface area contributed by atoms with Crippen molar-refractivity contribution in [3.63, 3.8) is 0 Å². The number of thiophene rings is 1. The van der Waals surface area contributed by atoms with Gasteiger partial charge in [0.2, 0.25) is 10.0 Å². The lowest BCUT2D eigenvalue weighted by molar-refractivity contribution is 0.297. The van der Waals surface area contributed by atoms with E-state index >= 15 is 0 Å². The fraction of sp³-hybridized carbons (Fsp3) is 0.174. The van der Waals surface area contributed by atoms with E-state index in [1.807, 2.05) is 42.5 Å². The molecule has 1 N–H and O–H groups in total. The zero-order chi connectivity index (χ0) is 22.1. The maximum atomic E-state index is 13.4. The molecule has 1 atom stereocenters. The normalized spacial score (nSPS) is 14.8. The third kappa shape index (κ3) is 4.19. The zero-order valence-corrected chi connectivity index (χ0v) is 19.2. The number of pyridine rings is 1. The van der Waals surface area contributed by atoms with Gasteiger partial charge in [-0.3, -0.25) is 0 Å². The molecule has 164 valence electrons. The second-order valence-corrected chi connectivity index (χ2v) is 10.4. The van der Waals surface area contributed by atoms with Crippen LogP contribution in [0.4, 0.5) is 0 Å². The molecule has 0 amide bonds. The molecule has 32 heavy (non-hydrogen) atoms. The van der Waals surface area contributed by atoms with Crippen LogP contribution in [0.1, 0.15) is 22.9 Å². The minimum Gasteiger partial charge on any atom is -0.490 e. The molecule has 2 aromatic carbocycles. The monoisotopic (exact) mass is 486 g/mol. The first-order valence-corrected chi connectivity index (χ1v) is 12.7. The average Bonchev–Trinajstić information content (AvgIpc) is 3.10. The predicted octanol–water partition coefficient (Wildman–Crippen LogP) is 5.18. The molecule has 0 saturated heterocycles. The molecule has 0 radical (unpaired) electrons. The van der Waals surface area contributed by atoms with Gasteiger partial charge >= 0.3 is 0 Å². The molecule has 2 aromatic heterocycles. The lowest BCUT2D eigenvalue weighted by atomic mass is 10.1. The van der Waals surface area contributed by atoms with E-state index in [2.05, 4.69) is 9.71 Å². The van der Waals surface area contributed by atoms with Crippen LogP contribution in [0.25, 0.3) is 10.1 Å². The standard InChI is InChI=1S/C23H19ClN2O4S2/c24-23-22-16(9-10-25-23)13-20(31-22)21(15-5-2-1-3-6-15)26-32(27,28)17-7-8-18-19(14-17)30-12-4-11-29-18/h1-3,5-10,13-14,21,26H,4,11-12H2/t21-/m0/s1. The molecule has 6 nitrogen and oxygen atoms in total. The van der Waals surface area contributed by atoms with Crippen molar-refractivity contribution in [2.75, 3.05) is 13.2 Å². The molecule has 0 spiro atoms. The summed E-state index contributed by atoms with van der Waals surface area (Å²) >= 11 is 7.69.